The predicted octanol–water partition coefficient (Wildman–Crippen LogP) is 2.89. The first-order chi connectivity index (χ1) is 14.0. The number of hydrogen-bond donors (Lipinski definition) is 1. The number of ether oxygens (including phenoxy) is 1. The molecule has 1 saturated heterocycles. The fourth-order valence-electron chi connectivity index (χ4n) is 3.00. The Labute approximate surface area is 190 Å². The first-order valence-corrected chi connectivity index (χ1v) is 9.25. The molecular formula is C19H24F3IN6O. The van der Waals surface area contributed by atoms with Crippen LogP contribution in [0.25, 0.3) is 0 Å². The molecule has 0 radical (unpaired) electrons. The van der Waals surface area contributed by atoms with Gasteiger partial charge in [0.2, 0.25) is 5.95 Å². The molecule has 30 heavy (non-hydrogen) atoms. The van der Waals surface area contributed by atoms with Gasteiger partial charge in [-0.25, -0.2) is 9.97 Å². The maximum absolute atomic E-state index is 12.7. The lowest BCUT2D eigenvalue weighted by molar-refractivity contribution is -0.137. The number of guanidine groups is 1. The highest BCUT2D eigenvalue weighted by molar-refractivity contribution is 14.0. The monoisotopic (exact) mass is 536 g/mol. The van der Waals surface area contributed by atoms with E-state index in [1.165, 1.54) is 12.1 Å². The third kappa shape index (κ3) is 6.61. The van der Waals surface area contributed by atoms with Gasteiger partial charge in [0.15, 0.2) is 5.96 Å². The van der Waals surface area contributed by atoms with Gasteiger partial charge in [0.25, 0.3) is 0 Å². The van der Waals surface area contributed by atoms with E-state index in [1.54, 1.807) is 25.5 Å². The van der Waals surface area contributed by atoms with E-state index < -0.39 is 11.7 Å². The first kappa shape index (κ1) is 24.0. The molecule has 1 aliphatic heterocycles. The molecule has 3 rings (SSSR count). The first-order valence-electron chi connectivity index (χ1n) is 9.25. The summed E-state index contributed by atoms with van der Waals surface area (Å²) in [5.41, 5.74) is -0.723. The van der Waals surface area contributed by atoms with E-state index in [0.717, 1.165) is 44.3 Å². The molecule has 0 saturated carbocycles. The Morgan fingerprint density at radius 1 is 1.13 bits per heavy atom. The Morgan fingerprint density at radius 2 is 1.83 bits per heavy atom. The smallest absolute Gasteiger partial charge is 0.416 e. The van der Waals surface area contributed by atoms with Crippen molar-refractivity contribution >= 4 is 35.9 Å². The second kappa shape index (κ2) is 11.2. The van der Waals surface area contributed by atoms with Crippen molar-refractivity contribution in [1.82, 2.24) is 20.2 Å². The van der Waals surface area contributed by atoms with Gasteiger partial charge in [-0.15, -0.1) is 24.0 Å². The van der Waals surface area contributed by atoms with Crippen LogP contribution in [0.5, 0.6) is 5.75 Å². The fourth-order valence-corrected chi connectivity index (χ4v) is 3.00. The molecule has 0 amide bonds. The summed E-state index contributed by atoms with van der Waals surface area (Å²) < 4.78 is 43.7. The Kier molecular flexibility index (Phi) is 8.93. The highest BCUT2D eigenvalue weighted by Gasteiger charge is 2.30. The van der Waals surface area contributed by atoms with Gasteiger partial charge in [-0.1, -0.05) is 6.07 Å². The van der Waals surface area contributed by atoms with Gasteiger partial charge >= 0.3 is 6.18 Å². The summed E-state index contributed by atoms with van der Waals surface area (Å²) in [5.74, 6) is 1.63. The van der Waals surface area contributed by atoms with Crippen molar-refractivity contribution in [3.05, 3.63) is 48.3 Å². The minimum Gasteiger partial charge on any atom is -0.492 e. The minimum atomic E-state index is -4.38. The van der Waals surface area contributed by atoms with Crippen molar-refractivity contribution in [3.63, 3.8) is 0 Å². The number of halogens is 4. The van der Waals surface area contributed by atoms with Crippen LogP contribution in [0.2, 0.25) is 0 Å². The summed E-state index contributed by atoms with van der Waals surface area (Å²) in [5, 5.41) is 3.19. The topological polar surface area (TPSA) is 65.9 Å². The molecule has 0 aliphatic carbocycles. The van der Waals surface area contributed by atoms with Crippen LogP contribution >= 0.6 is 24.0 Å². The van der Waals surface area contributed by atoms with Crippen LogP contribution in [0.1, 0.15) is 5.56 Å². The lowest BCUT2D eigenvalue weighted by atomic mass is 10.2. The quantitative estimate of drug-likeness (QED) is 0.275. The third-order valence-corrected chi connectivity index (χ3v) is 4.44. The number of aromatic nitrogens is 2. The van der Waals surface area contributed by atoms with E-state index in [-0.39, 0.29) is 36.3 Å². The summed E-state index contributed by atoms with van der Waals surface area (Å²) in [6.07, 6.45) is -0.939. The average Bonchev–Trinajstić information content (AvgIpc) is 2.74. The molecule has 1 N–H and O–H groups in total. The molecule has 0 spiro atoms. The second-order valence-electron chi connectivity index (χ2n) is 6.37. The van der Waals surface area contributed by atoms with Gasteiger partial charge in [-0.2, -0.15) is 13.2 Å². The van der Waals surface area contributed by atoms with Crippen LogP contribution in [0.4, 0.5) is 19.1 Å². The van der Waals surface area contributed by atoms with Crippen molar-refractivity contribution in [3.8, 4) is 5.75 Å². The van der Waals surface area contributed by atoms with E-state index in [2.05, 4.69) is 30.1 Å². The largest absolute Gasteiger partial charge is 0.492 e. The highest BCUT2D eigenvalue weighted by Crippen LogP contribution is 2.31. The number of piperazine rings is 1. The molecule has 7 nitrogen and oxygen atoms in total. The summed E-state index contributed by atoms with van der Waals surface area (Å²) in [6.45, 7) is 3.69. The molecule has 164 valence electrons. The van der Waals surface area contributed by atoms with Crippen LogP contribution in [-0.2, 0) is 6.18 Å². The molecule has 0 bridgehead atoms. The molecule has 2 heterocycles. The van der Waals surface area contributed by atoms with Gasteiger partial charge in [0.05, 0.1) is 12.1 Å². The van der Waals surface area contributed by atoms with E-state index in [0.29, 0.717) is 12.5 Å². The zero-order valence-corrected chi connectivity index (χ0v) is 18.8. The maximum Gasteiger partial charge on any atom is 0.416 e. The Balaban J connectivity index is 0.00000320. The number of nitrogens with one attached hydrogen (secondary N) is 1. The van der Waals surface area contributed by atoms with Crippen LogP contribution in [0.3, 0.4) is 0 Å². The number of aliphatic imine (C=N–C) groups is 1. The van der Waals surface area contributed by atoms with Crippen molar-refractivity contribution in [2.45, 2.75) is 6.18 Å². The Morgan fingerprint density at radius 3 is 2.47 bits per heavy atom. The molecule has 1 aromatic carbocycles. The van der Waals surface area contributed by atoms with Crippen molar-refractivity contribution in [1.29, 1.82) is 0 Å². The van der Waals surface area contributed by atoms with Crippen LogP contribution in [0, 0.1) is 0 Å². The molecule has 1 aromatic heterocycles. The Hall–Kier alpha value is -2.31. The van der Waals surface area contributed by atoms with Crippen molar-refractivity contribution in [2.24, 2.45) is 4.99 Å². The minimum absolute atomic E-state index is 0. The van der Waals surface area contributed by atoms with Crippen LogP contribution in [0.15, 0.2) is 47.7 Å². The molecule has 2 aromatic rings. The van der Waals surface area contributed by atoms with Crippen molar-refractivity contribution < 1.29 is 17.9 Å². The zero-order valence-electron chi connectivity index (χ0n) is 16.5. The summed E-state index contributed by atoms with van der Waals surface area (Å²) in [7, 11) is 1.70. The number of anilines is 1. The SMILES string of the molecule is CN=C(NCCOc1cccc(C(F)(F)F)c1)N1CCN(c2ncccn2)CC1.I. The molecular weight excluding hydrogens is 512 g/mol. The van der Waals surface area contributed by atoms with E-state index in [4.69, 9.17) is 4.74 Å². The average molecular weight is 536 g/mol. The molecule has 0 atom stereocenters. The Bertz CT molecular complexity index is 813. The summed E-state index contributed by atoms with van der Waals surface area (Å²) in [6, 6.07) is 6.65. The number of benzene rings is 1. The lowest BCUT2D eigenvalue weighted by Gasteiger charge is -2.36. The highest BCUT2D eigenvalue weighted by atomic mass is 127. The summed E-state index contributed by atoms with van der Waals surface area (Å²) >= 11 is 0. The van der Waals surface area contributed by atoms with E-state index in [9.17, 15) is 13.2 Å². The number of nitrogens with zero attached hydrogens (tertiary/aromatic N) is 5. The zero-order chi connectivity index (χ0) is 20.7. The normalized spacial score (nSPS) is 14.9. The van der Waals surface area contributed by atoms with E-state index in [1.807, 2.05) is 0 Å². The van der Waals surface area contributed by atoms with Gasteiger partial charge in [0.1, 0.15) is 12.4 Å². The maximum atomic E-state index is 12.7. The third-order valence-electron chi connectivity index (χ3n) is 4.44. The molecule has 1 aliphatic rings. The second-order valence-corrected chi connectivity index (χ2v) is 6.37. The molecule has 11 heteroatoms. The fraction of sp³-hybridized carbons (Fsp3) is 0.421. The predicted molar refractivity (Wildman–Crippen MR) is 120 cm³/mol. The lowest BCUT2D eigenvalue weighted by Crippen LogP contribution is -2.53. The number of rotatable bonds is 5. The van der Waals surface area contributed by atoms with Crippen molar-refractivity contribution in [2.75, 3.05) is 51.3 Å². The standard InChI is InChI=1S/C19H23F3N6O.HI/c1-23-17(27-9-11-28(12-10-27)18-24-6-3-7-25-18)26-8-13-29-16-5-2-4-15(14-16)19(20,21)22;/h2-7,14H,8-13H2,1H3,(H,23,26);1H. The van der Waals surface area contributed by atoms with Crippen LogP contribution in [-0.4, -0.2) is 67.2 Å². The summed E-state index contributed by atoms with van der Waals surface area (Å²) in [4.78, 5) is 17.0. The van der Waals surface area contributed by atoms with Gasteiger partial charge in [-0.3, -0.25) is 4.99 Å². The number of hydrogen-bond acceptors (Lipinski definition) is 5. The molecule has 1 fully saturated rings. The van der Waals surface area contributed by atoms with Crippen LogP contribution < -0.4 is 15.0 Å². The number of alkyl halides is 3. The molecule has 0 unspecified atom stereocenters. The van der Waals surface area contributed by atoms with Gasteiger partial charge in [0, 0.05) is 45.6 Å². The van der Waals surface area contributed by atoms with E-state index >= 15 is 0 Å². The van der Waals surface area contributed by atoms with Gasteiger partial charge in [-0.05, 0) is 24.3 Å². The van der Waals surface area contributed by atoms with Gasteiger partial charge < -0.3 is 19.9 Å².